The van der Waals surface area contributed by atoms with Crippen molar-refractivity contribution in [3.63, 3.8) is 0 Å². The van der Waals surface area contributed by atoms with Crippen LogP contribution in [0.2, 0.25) is 0 Å². The minimum atomic E-state index is -1.10. The fourth-order valence-corrected chi connectivity index (χ4v) is 6.68. The summed E-state index contributed by atoms with van der Waals surface area (Å²) in [7, 11) is 2.74. The molecule has 1 aliphatic rings. The number of benzene rings is 3. The molecule has 3 aromatic carbocycles. The summed E-state index contributed by atoms with van der Waals surface area (Å²) in [6, 6.07) is 17.6. The van der Waals surface area contributed by atoms with Crippen molar-refractivity contribution in [3.8, 4) is 0 Å². The summed E-state index contributed by atoms with van der Waals surface area (Å²) in [6.07, 6.45) is 3.80. The number of anilines is 1. The van der Waals surface area contributed by atoms with E-state index in [0.717, 1.165) is 24.8 Å². The molecule has 5 amide bonds. The number of amides is 5. The highest BCUT2D eigenvalue weighted by Crippen LogP contribution is 2.30. The zero-order valence-electron chi connectivity index (χ0n) is 34.2. The van der Waals surface area contributed by atoms with E-state index in [4.69, 9.17) is 9.47 Å². The van der Waals surface area contributed by atoms with Crippen molar-refractivity contribution in [2.75, 3.05) is 25.7 Å². The van der Waals surface area contributed by atoms with Gasteiger partial charge in [-0.1, -0.05) is 36.4 Å². The van der Waals surface area contributed by atoms with Gasteiger partial charge in [0.05, 0.1) is 18.7 Å². The molecule has 0 unspecified atom stereocenters. The van der Waals surface area contributed by atoms with Gasteiger partial charge in [-0.2, -0.15) is 11.8 Å². The topological polar surface area (TPSA) is 172 Å². The average molecular weight is 802 g/mol. The third kappa shape index (κ3) is 12.1. The number of aryl methyl sites for hydroxylation is 1. The van der Waals surface area contributed by atoms with Gasteiger partial charge in [0.15, 0.2) is 0 Å². The van der Waals surface area contributed by atoms with Crippen molar-refractivity contribution >= 4 is 53.1 Å². The maximum absolute atomic E-state index is 14.3. The monoisotopic (exact) mass is 801 g/mol. The van der Waals surface area contributed by atoms with E-state index in [1.165, 1.54) is 60.6 Å². The largest absolute Gasteiger partial charge is 0.465 e. The molecule has 0 aromatic heterocycles. The van der Waals surface area contributed by atoms with Gasteiger partial charge in [-0.3, -0.25) is 24.1 Å². The summed E-state index contributed by atoms with van der Waals surface area (Å²) in [5.41, 5.74) is 3.31. The van der Waals surface area contributed by atoms with Crippen molar-refractivity contribution < 1.29 is 38.2 Å². The van der Waals surface area contributed by atoms with E-state index in [2.05, 4.69) is 27.3 Å². The van der Waals surface area contributed by atoms with E-state index in [-0.39, 0.29) is 24.3 Å². The Balaban J connectivity index is 1.56. The second-order valence-corrected chi connectivity index (χ2v) is 17.1. The summed E-state index contributed by atoms with van der Waals surface area (Å²) < 4.78 is 9.33. The Kier molecular flexibility index (Phi) is 14.9. The van der Waals surface area contributed by atoms with Crippen molar-refractivity contribution in [1.82, 2.24) is 20.9 Å². The normalized spacial score (nSPS) is 15.4. The zero-order chi connectivity index (χ0) is 42.1. The third-order valence-corrected chi connectivity index (χ3v) is 11.2. The molecule has 4 rings (SSSR count). The molecule has 0 radical (unpaired) electrons. The fourth-order valence-electron chi connectivity index (χ4n) is 6.28. The number of rotatable bonds is 14. The van der Waals surface area contributed by atoms with Crippen molar-refractivity contribution in [2.24, 2.45) is 0 Å². The quantitative estimate of drug-likeness (QED) is 0.147. The fraction of sp³-hybridized carbons (Fsp3) is 0.442. The average Bonchev–Trinajstić information content (AvgIpc) is 3.18. The van der Waals surface area contributed by atoms with Crippen LogP contribution >= 0.6 is 11.8 Å². The van der Waals surface area contributed by atoms with Crippen molar-refractivity contribution in [2.45, 2.75) is 102 Å². The van der Waals surface area contributed by atoms with E-state index in [9.17, 15) is 28.8 Å². The molecule has 0 saturated carbocycles. The standard InChI is InChI=1S/C43H55N5O8S/c1-26(48(7)41(54)56-42(2,3)4)36(49)47-35(43(5,6)57-9)39(52)46-34(38(51)45-33-16-12-14-28-13-10-11-15-32(28)33)25-27-17-23-31(24-18-27)44-37(50)29-19-21-30(22-20-29)40(53)55-8/h10-11,13,15,17-24,26,33-35H,12,14,16,25H2,1-9H3,(H,44,50)(H,45,51)(H,46,52)(H,47,49)/t26-,33+,34-,35+/m0/s1. The van der Waals surface area contributed by atoms with Crippen LogP contribution in [0.3, 0.4) is 0 Å². The maximum atomic E-state index is 14.3. The van der Waals surface area contributed by atoms with Crippen LogP contribution in [0.15, 0.2) is 72.8 Å². The van der Waals surface area contributed by atoms with E-state index in [0.29, 0.717) is 22.4 Å². The predicted octanol–water partition coefficient (Wildman–Crippen LogP) is 5.83. The second-order valence-electron chi connectivity index (χ2n) is 15.7. The lowest BCUT2D eigenvalue weighted by Gasteiger charge is -2.35. The van der Waals surface area contributed by atoms with Crippen LogP contribution in [0.5, 0.6) is 0 Å². The van der Waals surface area contributed by atoms with Crippen molar-refractivity contribution in [1.29, 1.82) is 0 Å². The Morgan fingerprint density at radius 3 is 2.09 bits per heavy atom. The Hall–Kier alpha value is -5.37. The smallest absolute Gasteiger partial charge is 0.410 e. The minimum Gasteiger partial charge on any atom is -0.465 e. The molecule has 4 N–H and O–H groups in total. The first-order chi connectivity index (χ1) is 26.8. The Bertz CT molecular complexity index is 1930. The van der Waals surface area contributed by atoms with Crippen LogP contribution in [-0.2, 0) is 36.7 Å². The number of likely N-dealkylation sites (N-methyl/N-ethyl adjacent to an activating group) is 1. The first-order valence-electron chi connectivity index (χ1n) is 18.9. The number of hydrogen-bond acceptors (Lipinski definition) is 9. The summed E-state index contributed by atoms with van der Waals surface area (Å²) in [4.78, 5) is 80.7. The molecule has 0 saturated heterocycles. The van der Waals surface area contributed by atoms with Gasteiger partial charge in [0.25, 0.3) is 5.91 Å². The molecular formula is C43H55N5O8S. The van der Waals surface area contributed by atoms with Gasteiger partial charge in [0.2, 0.25) is 17.7 Å². The second kappa shape index (κ2) is 19.2. The number of ether oxygens (including phenoxy) is 2. The molecule has 0 aliphatic heterocycles. The van der Waals surface area contributed by atoms with Gasteiger partial charge in [-0.25, -0.2) is 9.59 Å². The number of esters is 1. The first-order valence-corrected chi connectivity index (χ1v) is 20.1. The number of fused-ring (bicyclic) bond motifs is 1. The Morgan fingerprint density at radius 1 is 0.842 bits per heavy atom. The minimum absolute atomic E-state index is 0.104. The number of nitrogens with zero attached hydrogens (tertiary/aromatic N) is 1. The van der Waals surface area contributed by atoms with E-state index in [1.54, 1.807) is 52.0 Å². The number of thioether (sulfide) groups is 1. The van der Waals surface area contributed by atoms with Gasteiger partial charge in [0.1, 0.15) is 23.7 Å². The maximum Gasteiger partial charge on any atom is 0.410 e. The lowest BCUT2D eigenvalue weighted by molar-refractivity contribution is -0.134. The molecule has 0 heterocycles. The lowest BCUT2D eigenvalue weighted by Crippen LogP contribution is -2.62. The highest BCUT2D eigenvalue weighted by molar-refractivity contribution is 8.00. The highest BCUT2D eigenvalue weighted by atomic mass is 32.2. The molecule has 13 nitrogen and oxygen atoms in total. The van der Waals surface area contributed by atoms with Gasteiger partial charge >= 0.3 is 12.1 Å². The summed E-state index contributed by atoms with van der Waals surface area (Å²) in [5, 5.41) is 11.8. The van der Waals surface area contributed by atoms with Crippen LogP contribution < -0.4 is 21.3 Å². The third-order valence-electron chi connectivity index (χ3n) is 9.95. The van der Waals surface area contributed by atoms with Gasteiger partial charge in [0, 0.05) is 29.5 Å². The van der Waals surface area contributed by atoms with E-state index in [1.807, 2.05) is 38.3 Å². The van der Waals surface area contributed by atoms with Crippen LogP contribution in [-0.4, -0.2) is 89.5 Å². The molecule has 306 valence electrons. The van der Waals surface area contributed by atoms with Crippen molar-refractivity contribution in [3.05, 3.63) is 101 Å². The Labute approximate surface area is 339 Å². The zero-order valence-corrected chi connectivity index (χ0v) is 35.0. The van der Waals surface area contributed by atoms with Crippen LogP contribution in [0.25, 0.3) is 0 Å². The molecule has 0 fully saturated rings. The van der Waals surface area contributed by atoms with E-state index >= 15 is 0 Å². The number of methoxy groups -OCH3 is 1. The van der Waals surface area contributed by atoms with Crippen LogP contribution in [0, 0.1) is 0 Å². The van der Waals surface area contributed by atoms with Crippen LogP contribution in [0.1, 0.15) is 97.8 Å². The predicted molar refractivity (Wildman–Crippen MR) is 221 cm³/mol. The number of carbonyl (C=O) groups is 6. The molecular weight excluding hydrogens is 747 g/mol. The molecule has 57 heavy (non-hydrogen) atoms. The lowest BCUT2D eigenvalue weighted by atomic mass is 9.87. The van der Waals surface area contributed by atoms with Crippen LogP contribution in [0.4, 0.5) is 10.5 Å². The van der Waals surface area contributed by atoms with Gasteiger partial charge < -0.3 is 30.7 Å². The Morgan fingerprint density at radius 2 is 1.47 bits per heavy atom. The number of carbonyl (C=O) groups excluding carboxylic acids is 6. The summed E-state index contributed by atoms with van der Waals surface area (Å²) in [5.74, 6) is -2.41. The highest BCUT2D eigenvalue weighted by Gasteiger charge is 2.40. The van der Waals surface area contributed by atoms with Gasteiger partial charge in [-0.15, -0.1) is 0 Å². The SMILES string of the molecule is COC(=O)c1ccc(C(=O)Nc2ccc(C[C@H](NC(=O)[C@@H](NC(=O)[C@H](C)N(C)C(=O)OC(C)(C)C)C(C)(C)SC)C(=O)N[C@@H]3CCCc4ccccc43)cc2)cc1. The van der Waals surface area contributed by atoms with Gasteiger partial charge in [-0.05, 0) is 120 Å². The number of hydrogen-bond donors (Lipinski definition) is 4. The molecule has 0 bridgehead atoms. The summed E-state index contributed by atoms with van der Waals surface area (Å²) >= 11 is 1.37. The van der Waals surface area contributed by atoms with E-state index < -0.39 is 52.4 Å². The summed E-state index contributed by atoms with van der Waals surface area (Å²) in [6.45, 7) is 10.4. The molecule has 3 aromatic rings. The molecule has 0 spiro atoms. The molecule has 1 aliphatic carbocycles. The molecule has 4 atom stereocenters. The molecule has 14 heteroatoms. The number of nitrogens with one attached hydrogen (secondary N) is 4. The first kappa shape index (κ1) is 44.3.